The predicted molar refractivity (Wildman–Crippen MR) is 107 cm³/mol. The van der Waals surface area contributed by atoms with E-state index in [0.29, 0.717) is 44.1 Å². The van der Waals surface area contributed by atoms with Gasteiger partial charge in [-0.1, -0.05) is 12.8 Å². The first kappa shape index (κ1) is 20.0. The van der Waals surface area contributed by atoms with Crippen molar-refractivity contribution in [2.75, 3.05) is 42.9 Å². The van der Waals surface area contributed by atoms with Crippen LogP contribution in [0, 0.1) is 5.92 Å². The summed E-state index contributed by atoms with van der Waals surface area (Å²) in [7, 11) is 0. The number of carboxylic acid groups (broad SMARTS) is 1. The molecule has 2 fully saturated rings. The molecule has 0 aromatic heterocycles. The summed E-state index contributed by atoms with van der Waals surface area (Å²) in [6.07, 6.45) is 4.24. The van der Waals surface area contributed by atoms with Gasteiger partial charge in [-0.3, -0.25) is 4.79 Å². The summed E-state index contributed by atoms with van der Waals surface area (Å²) in [5, 5.41) is 14.8. The first-order valence-electron chi connectivity index (χ1n) is 9.95. The lowest BCUT2D eigenvalue weighted by Gasteiger charge is -2.38. The zero-order chi connectivity index (χ0) is 20.1. The number of hydrogen-bond acceptors (Lipinski definition) is 4. The maximum atomic E-state index is 12.6. The Bertz CT molecular complexity index is 738. The number of hydrogen-bond donors (Lipinski definition) is 3. The van der Waals surface area contributed by atoms with Crippen molar-refractivity contribution in [3.8, 4) is 0 Å². The Labute approximate surface area is 164 Å². The smallest absolute Gasteiger partial charge is 0.335 e. The number of rotatable bonds is 5. The van der Waals surface area contributed by atoms with Gasteiger partial charge in [-0.05, 0) is 38.0 Å². The lowest BCUT2D eigenvalue weighted by Crippen LogP contribution is -2.50. The van der Waals surface area contributed by atoms with E-state index in [1.165, 1.54) is 6.07 Å². The van der Waals surface area contributed by atoms with Gasteiger partial charge in [0.05, 0.1) is 16.9 Å². The van der Waals surface area contributed by atoms with Crippen molar-refractivity contribution in [2.45, 2.75) is 32.6 Å². The van der Waals surface area contributed by atoms with Gasteiger partial charge in [-0.15, -0.1) is 0 Å². The topological polar surface area (TPSA) is 102 Å². The fourth-order valence-electron chi connectivity index (χ4n) is 3.96. The molecule has 1 aromatic rings. The fourth-order valence-corrected chi connectivity index (χ4v) is 3.96. The van der Waals surface area contributed by atoms with Crippen molar-refractivity contribution in [3.63, 3.8) is 0 Å². The second-order valence-corrected chi connectivity index (χ2v) is 7.32. The Morgan fingerprint density at radius 3 is 2.39 bits per heavy atom. The van der Waals surface area contributed by atoms with Crippen LogP contribution in [0.25, 0.3) is 0 Å². The van der Waals surface area contributed by atoms with Crippen LogP contribution in [0.15, 0.2) is 18.2 Å². The third kappa shape index (κ3) is 4.55. The van der Waals surface area contributed by atoms with Crippen LogP contribution in [-0.2, 0) is 4.79 Å². The molecule has 8 nitrogen and oxygen atoms in total. The number of carbonyl (C=O) groups excluding carboxylic acids is 2. The number of urea groups is 1. The summed E-state index contributed by atoms with van der Waals surface area (Å²) in [6.45, 7) is 4.74. The number of nitrogens with zero attached hydrogens (tertiary/aromatic N) is 2. The number of benzene rings is 1. The number of aromatic carboxylic acids is 1. The Kier molecular flexibility index (Phi) is 6.38. The van der Waals surface area contributed by atoms with Gasteiger partial charge in [0.2, 0.25) is 5.91 Å². The zero-order valence-corrected chi connectivity index (χ0v) is 16.2. The van der Waals surface area contributed by atoms with Gasteiger partial charge in [0, 0.05) is 38.6 Å². The number of carbonyl (C=O) groups is 3. The van der Waals surface area contributed by atoms with E-state index in [0.717, 1.165) is 25.7 Å². The number of anilines is 2. The molecule has 1 aliphatic carbocycles. The normalized spacial score (nSPS) is 17.5. The van der Waals surface area contributed by atoms with Gasteiger partial charge in [0.1, 0.15) is 0 Å². The monoisotopic (exact) mass is 388 g/mol. The van der Waals surface area contributed by atoms with Crippen molar-refractivity contribution in [2.24, 2.45) is 5.92 Å². The minimum atomic E-state index is -1.01. The molecule has 3 amide bonds. The third-order valence-corrected chi connectivity index (χ3v) is 5.47. The number of nitrogens with one attached hydrogen (secondary N) is 2. The minimum Gasteiger partial charge on any atom is -0.478 e. The van der Waals surface area contributed by atoms with Crippen LogP contribution in [0.3, 0.4) is 0 Å². The minimum absolute atomic E-state index is 0.164. The molecule has 2 aliphatic rings. The van der Waals surface area contributed by atoms with Crippen molar-refractivity contribution in [3.05, 3.63) is 23.8 Å². The molecule has 1 heterocycles. The summed E-state index contributed by atoms with van der Waals surface area (Å²) in [4.78, 5) is 39.9. The lowest BCUT2D eigenvalue weighted by atomic mass is 10.1. The summed E-state index contributed by atoms with van der Waals surface area (Å²) < 4.78 is 0. The van der Waals surface area contributed by atoms with Crippen molar-refractivity contribution in [1.29, 1.82) is 0 Å². The van der Waals surface area contributed by atoms with Crippen molar-refractivity contribution < 1.29 is 19.5 Å². The van der Waals surface area contributed by atoms with Crippen LogP contribution in [0.1, 0.15) is 43.0 Å². The molecular formula is C20H28N4O4. The molecule has 28 heavy (non-hydrogen) atoms. The molecule has 1 saturated carbocycles. The lowest BCUT2D eigenvalue weighted by molar-refractivity contribution is -0.135. The SMILES string of the molecule is CCNC(=O)Nc1ccc(C(=O)O)cc1N1CCN(C(=O)C2CCCC2)CC1. The molecule has 0 radical (unpaired) electrons. The zero-order valence-electron chi connectivity index (χ0n) is 16.2. The van der Waals surface area contributed by atoms with Crippen LogP contribution in [0.2, 0.25) is 0 Å². The fraction of sp³-hybridized carbons (Fsp3) is 0.550. The largest absolute Gasteiger partial charge is 0.478 e. The highest BCUT2D eigenvalue weighted by molar-refractivity contribution is 5.96. The first-order chi connectivity index (χ1) is 13.5. The molecule has 152 valence electrons. The average molecular weight is 388 g/mol. The number of carboxylic acids is 1. The maximum absolute atomic E-state index is 12.6. The Balaban J connectivity index is 1.72. The van der Waals surface area contributed by atoms with E-state index in [4.69, 9.17) is 0 Å². The summed E-state index contributed by atoms with van der Waals surface area (Å²) in [5.74, 6) is -0.602. The quantitative estimate of drug-likeness (QED) is 0.719. The van der Waals surface area contributed by atoms with Crippen molar-refractivity contribution >= 4 is 29.3 Å². The summed E-state index contributed by atoms with van der Waals surface area (Å²) >= 11 is 0. The Hall–Kier alpha value is -2.77. The van der Waals surface area contributed by atoms with E-state index in [1.807, 2.05) is 16.7 Å². The second kappa shape index (κ2) is 8.95. The Morgan fingerprint density at radius 2 is 1.79 bits per heavy atom. The van der Waals surface area contributed by atoms with Crippen LogP contribution < -0.4 is 15.5 Å². The third-order valence-electron chi connectivity index (χ3n) is 5.47. The molecular weight excluding hydrogens is 360 g/mol. The molecule has 8 heteroatoms. The van der Waals surface area contributed by atoms with E-state index in [9.17, 15) is 19.5 Å². The van der Waals surface area contributed by atoms with E-state index in [2.05, 4.69) is 10.6 Å². The predicted octanol–water partition coefficient (Wildman–Crippen LogP) is 2.37. The molecule has 1 aliphatic heterocycles. The second-order valence-electron chi connectivity index (χ2n) is 7.32. The molecule has 0 atom stereocenters. The maximum Gasteiger partial charge on any atom is 0.335 e. The van der Waals surface area contributed by atoms with Gasteiger partial charge in [-0.2, -0.15) is 0 Å². The molecule has 1 aromatic carbocycles. The number of amides is 3. The highest BCUT2D eigenvalue weighted by Gasteiger charge is 2.30. The van der Waals surface area contributed by atoms with Gasteiger partial charge in [0.15, 0.2) is 0 Å². The molecule has 3 N–H and O–H groups in total. The highest BCUT2D eigenvalue weighted by Crippen LogP contribution is 2.30. The van der Waals surface area contributed by atoms with Gasteiger partial charge < -0.3 is 25.5 Å². The van der Waals surface area contributed by atoms with E-state index in [1.54, 1.807) is 12.1 Å². The summed E-state index contributed by atoms with van der Waals surface area (Å²) in [5.41, 5.74) is 1.39. The molecule has 0 bridgehead atoms. The summed E-state index contributed by atoms with van der Waals surface area (Å²) in [6, 6.07) is 4.34. The molecule has 0 spiro atoms. The highest BCUT2D eigenvalue weighted by atomic mass is 16.4. The number of piperazine rings is 1. The van der Waals surface area contributed by atoms with Crippen LogP contribution in [0.4, 0.5) is 16.2 Å². The standard InChI is InChI=1S/C20H28N4O4/c1-2-21-20(28)22-16-8-7-15(19(26)27)13-17(16)23-9-11-24(12-10-23)18(25)14-5-3-4-6-14/h7-8,13-14H,2-6,9-12H2,1H3,(H,26,27)(H2,21,22,28). The van der Waals surface area contributed by atoms with Crippen LogP contribution >= 0.6 is 0 Å². The molecule has 0 unspecified atom stereocenters. The van der Waals surface area contributed by atoms with Gasteiger partial charge >= 0.3 is 12.0 Å². The Morgan fingerprint density at radius 1 is 1.11 bits per heavy atom. The van der Waals surface area contributed by atoms with E-state index < -0.39 is 5.97 Å². The van der Waals surface area contributed by atoms with Crippen LogP contribution in [0.5, 0.6) is 0 Å². The molecule has 1 saturated heterocycles. The first-order valence-corrected chi connectivity index (χ1v) is 9.95. The van der Waals surface area contributed by atoms with Crippen molar-refractivity contribution in [1.82, 2.24) is 10.2 Å². The molecule has 3 rings (SSSR count). The van der Waals surface area contributed by atoms with Gasteiger partial charge in [-0.25, -0.2) is 9.59 Å². The van der Waals surface area contributed by atoms with Gasteiger partial charge in [0.25, 0.3) is 0 Å². The van der Waals surface area contributed by atoms with E-state index in [-0.39, 0.29) is 23.4 Å². The van der Waals surface area contributed by atoms with Crippen LogP contribution in [-0.4, -0.2) is 60.6 Å². The average Bonchev–Trinajstić information content (AvgIpc) is 3.23. The van der Waals surface area contributed by atoms with E-state index >= 15 is 0 Å².